The Bertz CT molecular complexity index is 123. The lowest BCUT2D eigenvalue weighted by molar-refractivity contribution is -0.0161. The number of hydrogen-bond acceptors (Lipinski definition) is 4. The highest BCUT2D eigenvalue weighted by Crippen LogP contribution is 1.99. The highest BCUT2D eigenvalue weighted by atomic mass is 16.5. The molecule has 1 rings (SSSR count). The van der Waals surface area contributed by atoms with Gasteiger partial charge in [-0.3, -0.25) is 10.6 Å². The van der Waals surface area contributed by atoms with Gasteiger partial charge >= 0.3 is 0 Å². The first-order valence-electron chi connectivity index (χ1n) is 3.76. The Balaban J connectivity index is 2.26. The normalized spacial score (nSPS) is 22.6. The molecule has 2 N–H and O–H groups in total. The Labute approximate surface area is 67.2 Å². The average molecular weight is 157 g/mol. The Morgan fingerprint density at radius 2 is 2.18 bits per heavy atom. The van der Waals surface area contributed by atoms with Crippen LogP contribution in [0.3, 0.4) is 0 Å². The highest BCUT2D eigenvalue weighted by molar-refractivity contribution is 4.64. The summed E-state index contributed by atoms with van der Waals surface area (Å²) in [5.74, 6) is 0. The third kappa shape index (κ3) is 2.49. The molecule has 0 aromatic carbocycles. The molecule has 0 radical (unpaired) electrons. The zero-order valence-electron chi connectivity index (χ0n) is 6.84. The number of ether oxygens (including phenoxy) is 1. The summed E-state index contributed by atoms with van der Waals surface area (Å²) in [7, 11) is 0. The molecule has 1 atom stereocenters. The molecule has 4 nitrogen and oxygen atoms in total. The monoisotopic (exact) mass is 157 g/mol. The van der Waals surface area contributed by atoms with Crippen LogP contribution in [0, 0.1) is 0 Å². The van der Waals surface area contributed by atoms with Gasteiger partial charge in [-0.2, -0.15) is 0 Å². The second-order valence-electron chi connectivity index (χ2n) is 2.48. The van der Waals surface area contributed by atoms with Gasteiger partial charge in [-0.1, -0.05) is 6.58 Å². The summed E-state index contributed by atoms with van der Waals surface area (Å²) in [5.41, 5.74) is 0. The van der Waals surface area contributed by atoms with Gasteiger partial charge in [0.15, 0.2) is 6.23 Å². The average Bonchev–Trinajstić information content (AvgIpc) is 2.07. The minimum atomic E-state index is 0.0906. The topological polar surface area (TPSA) is 36.5 Å². The predicted molar refractivity (Wildman–Crippen MR) is 43.5 cm³/mol. The van der Waals surface area contributed by atoms with Crippen molar-refractivity contribution in [2.45, 2.75) is 13.2 Å². The van der Waals surface area contributed by atoms with Crippen LogP contribution in [0.2, 0.25) is 0 Å². The lowest BCUT2D eigenvalue weighted by atomic mass is 10.5. The van der Waals surface area contributed by atoms with E-state index in [1.165, 1.54) is 6.26 Å². The zero-order chi connectivity index (χ0) is 8.10. The van der Waals surface area contributed by atoms with Gasteiger partial charge in [-0.25, -0.2) is 4.90 Å². The fraction of sp³-hybridized carbons (Fsp3) is 0.714. The maximum absolute atomic E-state index is 5.19. The SMILES string of the molecule is C=COC(C)N1CNCNC1. The molecule has 0 amide bonds. The van der Waals surface area contributed by atoms with Crippen LogP contribution >= 0.6 is 0 Å². The molecule has 1 aliphatic rings. The molecule has 1 heterocycles. The Kier molecular flexibility index (Phi) is 3.35. The van der Waals surface area contributed by atoms with Crippen LogP contribution in [0.4, 0.5) is 0 Å². The number of nitrogens with zero attached hydrogens (tertiary/aromatic N) is 1. The van der Waals surface area contributed by atoms with Crippen molar-refractivity contribution in [3.05, 3.63) is 12.8 Å². The summed E-state index contributed by atoms with van der Waals surface area (Å²) in [6.45, 7) is 8.10. The van der Waals surface area contributed by atoms with E-state index in [-0.39, 0.29) is 6.23 Å². The first-order valence-corrected chi connectivity index (χ1v) is 3.76. The van der Waals surface area contributed by atoms with Crippen molar-refractivity contribution in [1.29, 1.82) is 0 Å². The minimum Gasteiger partial charge on any atom is -0.484 e. The fourth-order valence-electron chi connectivity index (χ4n) is 1.03. The molecule has 1 saturated heterocycles. The van der Waals surface area contributed by atoms with Crippen LogP contribution in [0.1, 0.15) is 6.92 Å². The van der Waals surface area contributed by atoms with E-state index < -0.39 is 0 Å². The van der Waals surface area contributed by atoms with E-state index >= 15 is 0 Å². The van der Waals surface area contributed by atoms with Gasteiger partial charge in [0.05, 0.1) is 19.6 Å². The standard InChI is InChI=1S/C7H15N3O/c1-3-11-7(2)10-5-8-4-9-6-10/h3,7-9H,1,4-6H2,2H3. The third-order valence-corrected chi connectivity index (χ3v) is 1.69. The summed E-state index contributed by atoms with van der Waals surface area (Å²) in [5, 5.41) is 6.35. The Morgan fingerprint density at radius 1 is 1.55 bits per heavy atom. The molecular weight excluding hydrogens is 142 g/mol. The van der Waals surface area contributed by atoms with Gasteiger partial charge in [0.2, 0.25) is 0 Å². The third-order valence-electron chi connectivity index (χ3n) is 1.69. The molecule has 0 bridgehead atoms. The van der Waals surface area contributed by atoms with E-state index in [1.54, 1.807) is 0 Å². The van der Waals surface area contributed by atoms with Crippen LogP contribution in [-0.2, 0) is 4.74 Å². The van der Waals surface area contributed by atoms with E-state index in [0.717, 1.165) is 20.0 Å². The molecule has 1 unspecified atom stereocenters. The molecular formula is C7H15N3O. The first-order chi connectivity index (χ1) is 5.34. The maximum Gasteiger partial charge on any atom is 0.150 e. The quantitative estimate of drug-likeness (QED) is 0.559. The van der Waals surface area contributed by atoms with E-state index in [0.29, 0.717) is 0 Å². The lowest BCUT2D eigenvalue weighted by Gasteiger charge is -2.32. The smallest absolute Gasteiger partial charge is 0.150 e. The Hall–Kier alpha value is -0.580. The van der Waals surface area contributed by atoms with Crippen molar-refractivity contribution in [3.63, 3.8) is 0 Å². The van der Waals surface area contributed by atoms with E-state index in [4.69, 9.17) is 4.74 Å². The van der Waals surface area contributed by atoms with Crippen LogP contribution < -0.4 is 10.6 Å². The fourth-order valence-corrected chi connectivity index (χ4v) is 1.03. The van der Waals surface area contributed by atoms with Gasteiger partial charge in [-0.15, -0.1) is 0 Å². The predicted octanol–water partition coefficient (Wildman–Crippen LogP) is -0.140. The molecule has 0 spiro atoms. The van der Waals surface area contributed by atoms with Gasteiger partial charge in [-0.05, 0) is 6.92 Å². The maximum atomic E-state index is 5.19. The molecule has 0 aromatic rings. The second kappa shape index (κ2) is 4.33. The van der Waals surface area contributed by atoms with Crippen LogP contribution in [-0.4, -0.2) is 31.1 Å². The summed E-state index contributed by atoms with van der Waals surface area (Å²) in [6.07, 6.45) is 1.56. The number of nitrogens with one attached hydrogen (secondary N) is 2. The highest BCUT2D eigenvalue weighted by Gasteiger charge is 2.14. The van der Waals surface area contributed by atoms with Crippen molar-refractivity contribution in [3.8, 4) is 0 Å². The summed E-state index contributed by atoms with van der Waals surface area (Å²) < 4.78 is 5.19. The van der Waals surface area contributed by atoms with Gasteiger partial charge in [0.1, 0.15) is 0 Å². The Morgan fingerprint density at radius 3 is 2.73 bits per heavy atom. The van der Waals surface area contributed by atoms with Gasteiger partial charge in [0.25, 0.3) is 0 Å². The molecule has 11 heavy (non-hydrogen) atoms. The van der Waals surface area contributed by atoms with Gasteiger partial charge in [0, 0.05) is 6.67 Å². The molecule has 1 fully saturated rings. The van der Waals surface area contributed by atoms with Crippen LogP contribution in [0.5, 0.6) is 0 Å². The summed E-state index contributed by atoms with van der Waals surface area (Å²) in [6, 6.07) is 0. The molecule has 0 aliphatic carbocycles. The van der Waals surface area contributed by atoms with Crippen molar-refractivity contribution < 1.29 is 4.74 Å². The van der Waals surface area contributed by atoms with Crippen molar-refractivity contribution in [2.24, 2.45) is 0 Å². The zero-order valence-corrected chi connectivity index (χ0v) is 6.84. The minimum absolute atomic E-state index is 0.0906. The molecule has 1 aliphatic heterocycles. The van der Waals surface area contributed by atoms with Crippen molar-refractivity contribution >= 4 is 0 Å². The summed E-state index contributed by atoms with van der Waals surface area (Å²) in [4.78, 5) is 2.13. The first kappa shape index (κ1) is 8.52. The van der Waals surface area contributed by atoms with E-state index in [1.807, 2.05) is 6.92 Å². The van der Waals surface area contributed by atoms with E-state index in [2.05, 4.69) is 22.1 Å². The number of hydrogen-bond donors (Lipinski definition) is 2. The number of rotatable bonds is 3. The van der Waals surface area contributed by atoms with Crippen molar-refractivity contribution in [2.75, 3.05) is 20.0 Å². The second-order valence-corrected chi connectivity index (χ2v) is 2.48. The lowest BCUT2D eigenvalue weighted by Crippen LogP contribution is -2.53. The molecule has 0 aromatic heterocycles. The van der Waals surface area contributed by atoms with Crippen LogP contribution in [0.25, 0.3) is 0 Å². The molecule has 4 heteroatoms. The van der Waals surface area contributed by atoms with E-state index in [9.17, 15) is 0 Å². The largest absolute Gasteiger partial charge is 0.484 e. The van der Waals surface area contributed by atoms with Gasteiger partial charge < -0.3 is 4.74 Å². The van der Waals surface area contributed by atoms with Crippen LogP contribution in [0.15, 0.2) is 12.8 Å². The summed E-state index contributed by atoms with van der Waals surface area (Å²) >= 11 is 0. The van der Waals surface area contributed by atoms with Crippen molar-refractivity contribution in [1.82, 2.24) is 15.5 Å². The molecule has 0 saturated carbocycles. The molecule has 64 valence electrons.